The average Bonchev–Trinajstić information content (AvgIpc) is 3.39. The van der Waals surface area contributed by atoms with E-state index in [1.807, 2.05) is 55.5 Å². The predicted molar refractivity (Wildman–Crippen MR) is 253 cm³/mol. The number of ketones is 1. The molecule has 4 saturated heterocycles. The quantitative estimate of drug-likeness (QED) is 0.163. The van der Waals surface area contributed by atoms with Gasteiger partial charge in [0.25, 0.3) is 0 Å². The smallest absolute Gasteiger partial charge is 0.311 e. The lowest BCUT2D eigenvalue weighted by molar-refractivity contribution is -0.305. The highest BCUT2D eigenvalue weighted by Gasteiger charge is 2.51. The third-order valence-corrected chi connectivity index (χ3v) is 14.6. The molecule has 69 heavy (non-hydrogen) atoms. The van der Waals surface area contributed by atoms with Crippen molar-refractivity contribution in [2.45, 2.75) is 213 Å². The third-order valence-electron chi connectivity index (χ3n) is 14.6. The van der Waals surface area contributed by atoms with E-state index in [4.69, 9.17) is 52.2 Å². The largest absolute Gasteiger partial charge is 0.461 e. The molecule has 0 aromatic carbocycles. The Morgan fingerprint density at radius 2 is 1.48 bits per heavy atom. The first kappa shape index (κ1) is 59.2. The lowest BCUT2D eigenvalue weighted by Gasteiger charge is -2.44. The van der Waals surface area contributed by atoms with Gasteiger partial charge in [-0.1, -0.05) is 53.6 Å². The molecular weight excluding hydrogens is 901 g/mol. The number of likely N-dealkylation sites (N-methyl/N-ethyl adjacent to an activating group) is 1. The number of aliphatic hydroxyl groups excluding tert-OH is 2. The number of rotatable bonds is 14. The Morgan fingerprint density at radius 1 is 0.826 bits per heavy atom. The lowest BCUT2D eigenvalue weighted by atomic mass is 9.74. The Kier molecular flexibility index (Phi) is 22.3. The van der Waals surface area contributed by atoms with Crippen molar-refractivity contribution in [1.82, 2.24) is 4.90 Å². The Morgan fingerprint density at radius 3 is 2.09 bits per heavy atom. The van der Waals surface area contributed by atoms with Gasteiger partial charge in [-0.2, -0.15) is 0 Å². The molecule has 4 aliphatic rings. The minimum Gasteiger partial charge on any atom is -0.461 e. The number of methoxy groups -OCH3 is 2. The van der Waals surface area contributed by atoms with Crippen molar-refractivity contribution in [2.24, 2.45) is 46.6 Å². The number of nitrogens with zero attached hydrogens (tertiary/aromatic N) is 2. The molecule has 0 aromatic heterocycles. The van der Waals surface area contributed by atoms with Crippen LogP contribution in [0, 0.1) is 41.4 Å². The number of esters is 2. The predicted octanol–water partition coefficient (Wildman–Crippen LogP) is 4.27. The molecule has 0 bridgehead atoms. The van der Waals surface area contributed by atoms with E-state index in [1.165, 1.54) is 28.3 Å². The van der Waals surface area contributed by atoms with Gasteiger partial charge in [-0.15, -0.1) is 0 Å². The topological polar surface area (TPSA) is 229 Å². The van der Waals surface area contributed by atoms with E-state index in [0.717, 1.165) is 0 Å². The standard InChI is InChI=1S/C50H88N2O17/c1-24(2)18-36(53)66-42-31(9)41(26(4)23-62-49-45(60-16)44(59-15)38(54)34(12)65-49)68-47(57)33(11)43(67-37-19-27(5)52(14)22-29(7)63-37)30(8)40(25(3)21-50(13,58)46(56)32(42)10)69-48-39(55)35(51-61-17)20-28(6)64-48/h24-34,37-45,48-49,54-55,58H,18-23H2,1-17H3/t25-,26-,27?,28+,29-,30+,31-,32+,33+,34+,37-,38+,39+,40-,41+,42+,43-,44+,45+,48-,49+,50-/m0/s1. The molecule has 4 heterocycles. The highest BCUT2D eigenvalue weighted by molar-refractivity contribution is 5.90. The van der Waals surface area contributed by atoms with E-state index >= 15 is 4.79 Å². The summed E-state index contributed by atoms with van der Waals surface area (Å²) >= 11 is 0. The number of Topliss-reactive ketones (excluding diaryl/α,β-unsaturated/α-hetero) is 1. The van der Waals surface area contributed by atoms with Crippen LogP contribution in [0.15, 0.2) is 5.16 Å². The fourth-order valence-electron chi connectivity index (χ4n) is 10.7. The zero-order chi connectivity index (χ0) is 51.8. The minimum atomic E-state index is -2.01. The van der Waals surface area contributed by atoms with Crippen LogP contribution < -0.4 is 0 Å². The van der Waals surface area contributed by atoms with E-state index in [2.05, 4.69) is 17.0 Å². The van der Waals surface area contributed by atoms with Crippen molar-refractivity contribution in [1.29, 1.82) is 0 Å². The van der Waals surface area contributed by atoms with Crippen LogP contribution in [0.25, 0.3) is 0 Å². The van der Waals surface area contributed by atoms with Gasteiger partial charge in [-0.05, 0) is 66.8 Å². The van der Waals surface area contributed by atoms with Crippen molar-refractivity contribution in [3.05, 3.63) is 0 Å². The second kappa shape index (κ2) is 26.0. The highest BCUT2D eigenvalue weighted by atomic mass is 16.7. The number of oxime groups is 1. The van der Waals surface area contributed by atoms with E-state index < -0.39 is 139 Å². The number of ether oxygens (including phenoxy) is 10. The first-order chi connectivity index (χ1) is 32.3. The van der Waals surface area contributed by atoms with Crippen LogP contribution in [0.4, 0.5) is 0 Å². The Labute approximate surface area is 410 Å². The maximum absolute atomic E-state index is 15.1. The van der Waals surface area contributed by atoms with Crippen LogP contribution >= 0.6 is 0 Å². The van der Waals surface area contributed by atoms with E-state index in [0.29, 0.717) is 18.7 Å². The summed E-state index contributed by atoms with van der Waals surface area (Å²) in [4.78, 5) is 50.9. The van der Waals surface area contributed by atoms with Crippen molar-refractivity contribution in [3.63, 3.8) is 0 Å². The molecule has 3 N–H and O–H groups in total. The Bertz CT molecular complexity index is 1670. The van der Waals surface area contributed by atoms with Gasteiger partial charge in [-0.3, -0.25) is 14.4 Å². The van der Waals surface area contributed by atoms with Gasteiger partial charge in [0.2, 0.25) is 0 Å². The van der Waals surface area contributed by atoms with Crippen LogP contribution in [0.2, 0.25) is 0 Å². The maximum Gasteiger partial charge on any atom is 0.311 e. The van der Waals surface area contributed by atoms with Gasteiger partial charge in [0, 0.05) is 63.8 Å². The summed E-state index contributed by atoms with van der Waals surface area (Å²) in [5.74, 6) is -6.83. The molecule has 22 atom stereocenters. The van der Waals surface area contributed by atoms with Crippen molar-refractivity contribution < 1.29 is 81.9 Å². The SMILES string of the molecule is CON=C1C[C@@H](C)O[C@@H](O[C@@H]2[C@@H](C)[C@H](O[C@H]3CC(C)N(C)C[C@H](C)O3)[C@@H](C)C(=O)O[C@H]([C@@H](C)CO[C@@H]3O[C@H](C)[C@@H](O)[C@@H](OC)[C@H]3OC)[C@H](C)[C@@H](OC(=O)CC(C)C)[C@@H](C)C(=O)[C@@](C)(O)C[C@@H]2C)[C@@H]1O. The summed E-state index contributed by atoms with van der Waals surface area (Å²) in [5.41, 5.74) is -1.69. The molecule has 19 heteroatoms. The summed E-state index contributed by atoms with van der Waals surface area (Å²) in [5, 5.41) is 38.8. The summed E-state index contributed by atoms with van der Waals surface area (Å²) in [6, 6.07) is 0.0496. The number of cyclic esters (lactones) is 1. The zero-order valence-electron chi connectivity index (χ0n) is 44.4. The van der Waals surface area contributed by atoms with Gasteiger partial charge < -0.3 is 72.4 Å². The molecule has 19 nitrogen and oxygen atoms in total. The van der Waals surface area contributed by atoms with Gasteiger partial charge in [0.15, 0.2) is 24.7 Å². The fourth-order valence-corrected chi connectivity index (χ4v) is 10.7. The van der Waals surface area contributed by atoms with Gasteiger partial charge in [0.05, 0.1) is 54.7 Å². The molecule has 4 rings (SSSR count). The number of carbonyl (C=O) groups excluding carboxylic acids is 3. The fraction of sp³-hybridized carbons (Fsp3) is 0.920. The van der Waals surface area contributed by atoms with E-state index in [1.54, 1.807) is 27.7 Å². The number of hydrogen-bond donors (Lipinski definition) is 3. The Hall–Kier alpha value is -2.40. The van der Waals surface area contributed by atoms with Gasteiger partial charge in [-0.25, -0.2) is 0 Å². The number of carbonyl (C=O) groups is 3. The number of aliphatic hydroxyl groups is 3. The normalized spacial score (nSPS) is 43.7. The zero-order valence-corrected chi connectivity index (χ0v) is 44.4. The van der Waals surface area contributed by atoms with E-state index in [9.17, 15) is 24.9 Å². The van der Waals surface area contributed by atoms with Crippen LogP contribution in [0.5, 0.6) is 0 Å². The van der Waals surface area contributed by atoms with Crippen LogP contribution in [-0.4, -0.2) is 183 Å². The number of hydrogen-bond acceptors (Lipinski definition) is 19. The highest BCUT2D eigenvalue weighted by Crippen LogP contribution is 2.39. The third kappa shape index (κ3) is 15.1. The lowest BCUT2D eigenvalue weighted by Crippen LogP contribution is -2.59. The van der Waals surface area contributed by atoms with Crippen molar-refractivity contribution in [3.8, 4) is 0 Å². The van der Waals surface area contributed by atoms with Gasteiger partial charge >= 0.3 is 11.9 Å². The molecule has 0 spiro atoms. The summed E-state index contributed by atoms with van der Waals surface area (Å²) < 4.78 is 63.1. The average molecular weight is 989 g/mol. The molecule has 4 aliphatic heterocycles. The van der Waals surface area contributed by atoms with Crippen LogP contribution in [0.3, 0.4) is 0 Å². The second-order valence-corrected chi connectivity index (χ2v) is 21.3. The molecule has 0 aliphatic carbocycles. The molecule has 1 unspecified atom stereocenters. The van der Waals surface area contributed by atoms with E-state index in [-0.39, 0.29) is 43.9 Å². The molecule has 0 amide bonds. The monoisotopic (exact) mass is 989 g/mol. The second-order valence-electron chi connectivity index (χ2n) is 21.3. The molecule has 0 saturated carbocycles. The van der Waals surface area contributed by atoms with Crippen LogP contribution in [0.1, 0.15) is 116 Å². The maximum atomic E-state index is 15.1. The summed E-state index contributed by atoms with van der Waals surface area (Å²) in [6.45, 7) is 23.9. The van der Waals surface area contributed by atoms with Crippen molar-refractivity contribution in [2.75, 3.05) is 41.5 Å². The summed E-state index contributed by atoms with van der Waals surface area (Å²) in [7, 11) is 6.33. The van der Waals surface area contributed by atoms with Crippen LogP contribution in [-0.2, 0) is 66.6 Å². The molecule has 0 aromatic rings. The molecule has 400 valence electrons. The first-order valence-corrected chi connectivity index (χ1v) is 25.0. The van der Waals surface area contributed by atoms with Gasteiger partial charge in [0.1, 0.15) is 49.3 Å². The first-order valence-electron chi connectivity index (χ1n) is 25.0. The Balaban J connectivity index is 1.88. The van der Waals surface area contributed by atoms with Crippen molar-refractivity contribution >= 4 is 23.4 Å². The molecule has 4 fully saturated rings. The summed E-state index contributed by atoms with van der Waals surface area (Å²) in [6.07, 6.45) is -11.8. The molecule has 0 radical (unpaired) electrons. The minimum absolute atomic E-state index is 0.0496. The molecular formula is C50H88N2O17.